The van der Waals surface area contributed by atoms with E-state index in [1.165, 1.54) is 31.2 Å². The molecule has 2 aliphatic rings. The minimum absolute atomic E-state index is 0. The van der Waals surface area contributed by atoms with Crippen LogP contribution in [0.5, 0.6) is 0 Å². The lowest BCUT2D eigenvalue weighted by Gasteiger charge is -2.12. The summed E-state index contributed by atoms with van der Waals surface area (Å²) >= 11 is 2.07. The Labute approximate surface area is 143 Å². The van der Waals surface area contributed by atoms with Crippen molar-refractivity contribution in [1.29, 1.82) is 0 Å². The number of thioether (sulfide) groups is 1. The van der Waals surface area contributed by atoms with Crippen LogP contribution in [0.4, 0.5) is 5.69 Å². The van der Waals surface area contributed by atoms with Gasteiger partial charge in [-0.05, 0) is 43.5 Å². The maximum atomic E-state index is 12.1. The van der Waals surface area contributed by atoms with Gasteiger partial charge in [-0.2, -0.15) is 11.8 Å². The molecule has 0 radical (unpaired) electrons. The molecule has 1 heterocycles. The number of hydrogen-bond donors (Lipinski definition) is 2. The van der Waals surface area contributed by atoms with Crippen LogP contribution in [0.25, 0.3) is 0 Å². The normalized spacial score (nSPS) is 21.5. The van der Waals surface area contributed by atoms with Crippen molar-refractivity contribution >= 4 is 35.8 Å². The van der Waals surface area contributed by atoms with Gasteiger partial charge in [0.15, 0.2) is 0 Å². The number of hydrogen-bond acceptors (Lipinski definition) is 3. The summed E-state index contributed by atoms with van der Waals surface area (Å²) in [5.74, 6) is 1.33. The third-order valence-electron chi connectivity index (χ3n) is 4.41. The van der Waals surface area contributed by atoms with Crippen molar-refractivity contribution in [1.82, 2.24) is 5.32 Å². The zero-order chi connectivity index (χ0) is 14.5. The second kappa shape index (κ2) is 8.80. The second-order valence-corrected chi connectivity index (χ2v) is 7.39. The Kier molecular flexibility index (Phi) is 7.06. The van der Waals surface area contributed by atoms with E-state index in [2.05, 4.69) is 34.5 Å². The van der Waals surface area contributed by atoms with Crippen molar-refractivity contribution in [2.75, 3.05) is 18.4 Å². The van der Waals surface area contributed by atoms with E-state index in [0.717, 1.165) is 36.2 Å². The topological polar surface area (TPSA) is 41.1 Å². The average Bonchev–Trinajstić information content (AvgIpc) is 3.19. The highest BCUT2D eigenvalue weighted by Gasteiger charge is 2.22. The molecular formula is C17H25ClN2OS. The first-order chi connectivity index (χ1) is 10.3. The molecule has 1 saturated carbocycles. The molecule has 0 aromatic heterocycles. The lowest BCUT2D eigenvalue weighted by Crippen LogP contribution is -2.24. The summed E-state index contributed by atoms with van der Waals surface area (Å²) in [6, 6.07) is 8.33. The first kappa shape index (κ1) is 17.6. The molecule has 1 aromatic rings. The highest BCUT2D eigenvalue weighted by Crippen LogP contribution is 2.31. The van der Waals surface area contributed by atoms with Crippen LogP contribution in [-0.2, 0) is 10.5 Å². The summed E-state index contributed by atoms with van der Waals surface area (Å²) in [6.07, 6.45) is 6.47. The molecule has 3 rings (SSSR count). The predicted molar refractivity (Wildman–Crippen MR) is 96.8 cm³/mol. The number of benzene rings is 1. The summed E-state index contributed by atoms with van der Waals surface area (Å²) in [5, 5.41) is 7.14. The van der Waals surface area contributed by atoms with Crippen molar-refractivity contribution < 1.29 is 4.79 Å². The van der Waals surface area contributed by atoms with Crippen LogP contribution in [0.15, 0.2) is 24.3 Å². The molecule has 122 valence electrons. The zero-order valence-electron chi connectivity index (χ0n) is 12.8. The van der Waals surface area contributed by atoms with Gasteiger partial charge in [0.2, 0.25) is 5.91 Å². The first-order valence-corrected chi connectivity index (χ1v) is 9.08. The third-order valence-corrected chi connectivity index (χ3v) is 5.86. The number of carbonyl (C=O) groups excluding carboxylic acids is 1. The second-order valence-electron chi connectivity index (χ2n) is 6.10. The Morgan fingerprint density at radius 1 is 1.27 bits per heavy atom. The molecule has 1 aliphatic heterocycles. The van der Waals surface area contributed by atoms with E-state index in [0.29, 0.717) is 0 Å². The predicted octanol–water partition coefficient (Wildman–Crippen LogP) is 3.83. The molecule has 2 fully saturated rings. The molecule has 5 heteroatoms. The molecule has 1 saturated heterocycles. The largest absolute Gasteiger partial charge is 0.326 e. The van der Waals surface area contributed by atoms with E-state index in [-0.39, 0.29) is 24.2 Å². The van der Waals surface area contributed by atoms with Crippen LogP contribution >= 0.6 is 24.2 Å². The van der Waals surface area contributed by atoms with Gasteiger partial charge in [-0.25, -0.2) is 0 Å². The molecule has 2 N–H and O–H groups in total. The van der Waals surface area contributed by atoms with Gasteiger partial charge in [0, 0.05) is 23.2 Å². The minimum Gasteiger partial charge on any atom is -0.326 e. The van der Waals surface area contributed by atoms with Gasteiger partial charge < -0.3 is 10.6 Å². The SMILES string of the molecule is Cl.O=C(Nc1cccc(CSC2CCCC2)c1)C1CCNC1. The van der Waals surface area contributed by atoms with Crippen LogP contribution in [0.3, 0.4) is 0 Å². The van der Waals surface area contributed by atoms with Crippen LogP contribution < -0.4 is 10.6 Å². The maximum Gasteiger partial charge on any atom is 0.228 e. The Hall–Kier alpha value is -0.710. The zero-order valence-corrected chi connectivity index (χ0v) is 14.5. The van der Waals surface area contributed by atoms with Crippen molar-refractivity contribution in [2.24, 2.45) is 5.92 Å². The summed E-state index contributed by atoms with van der Waals surface area (Å²) < 4.78 is 0. The van der Waals surface area contributed by atoms with E-state index in [4.69, 9.17) is 0 Å². The molecule has 1 atom stereocenters. The smallest absolute Gasteiger partial charge is 0.228 e. The maximum absolute atomic E-state index is 12.1. The fourth-order valence-corrected chi connectivity index (χ4v) is 4.41. The van der Waals surface area contributed by atoms with E-state index in [1.54, 1.807) is 0 Å². The van der Waals surface area contributed by atoms with E-state index < -0.39 is 0 Å². The Morgan fingerprint density at radius 3 is 2.82 bits per heavy atom. The Balaban J connectivity index is 0.00000176. The van der Waals surface area contributed by atoms with Crippen LogP contribution in [0, 0.1) is 5.92 Å². The molecule has 0 bridgehead atoms. The molecular weight excluding hydrogens is 316 g/mol. The molecule has 1 aromatic carbocycles. The van der Waals surface area contributed by atoms with Crippen molar-refractivity contribution in [2.45, 2.75) is 43.1 Å². The summed E-state index contributed by atoms with van der Waals surface area (Å²) in [5.41, 5.74) is 2.26. The fraction of sp³-hybridized carbons (Fsp3) is 0.588. The molecule has 22 heavy (non-hydrogen) atoms. The first-order valence-electron chi connectivity index (χ1n) is 8.03. The van der Waals surface area contributed by atoms with Crippen molar-refractivity contribution in [3.8, 4) is 0 Å². The average molecular weight is 341 g/mol. The van der Waals surface area contributed by atoms with Crippen LogP contribution in [0.2, 0.25) is 0 Å². The standard InChI is InChI=1S/C17H24N2OS.ClH/c20-17(14-8-9-18-11-14)19-15-5-3-4-13(10-15)12-21-16-6-1-2-7-16;/h3-5,10,14,16,18H,1-2,6-9,11-12H2,(H,19,20);1H. The van der Waals surface area contributed by atoms with E-state index in [1.807, 2.05) is 12.1 Å². The highest BCUT2D eigenvalue weighted by molar-refractivity contribution is 7.99. The Bertz CT molecular complexity index is 485. The minimum atomic E-state index is 0. The van der Waals surface area contributed by atoms with Crippen LogP contribution in [-0.4, -0.2) is 24.2 Å². The number of anilines is 1. The molecule has 1 unspecified atom stereocenters. The summed E-state index contributed by atoms with van der Waals surface area (Å²) in [6.45, 7) is 1.76. The van der Waals surface area contributed by atoms with Gasteiger partial charge in [0.25, 0.3) is 0 Å². The number of rotatable bonds is 5. The summed E-state index contributed by atoms with van der Waals surface area (Å²) in [4.78, 5) is 12.1. The van der Waals surface area contributed by atoms with Gasteiger partial charge in [-0.3, -0.25) is 4.79 Å². The molecule has 3 nitrogen and oxygen atoms in total. The van der Waals surface area contributed by atoms with Crippen molar-refractivity contribution in [3.63, 3.8) is 0 Å². The van der Waals surface area contributed by atoms with Crippen LogP contribution in [0.1, 0.15) is 37.7 Å². The molecule has 1 aliphatic carbocycles. The van der Waals surface area contributed by atoms with Gasteiger partial charge in [-0.1, -0.05) is 25.0 Å². The number of halogens is 1. The number of amides is 1. The molecule has 1 amide bonds. The van der Waals surface area contributed by atoms with E-state index >= 15 is 0 Å². The quantitative estimate of drug-likeness (QED) is 0.855. The monoisotopic (exact) mass is 340 g/mol. The van der Waals surface area contributed by atoms with Gasteiger partial charge in [-0.15, -0.1) is 12.4 Å². The number of carbonyl (C=O) groups is 1. The lowest BCUT2D eigenvalue weighted by atomic mass is 10.1. The van der Waals surface area contributed by atoms with Gasteiger partial charge in [0.1, 0.15) is 0 Å². The van der Waals surface area contributed by atoms with Crippen molar-refractivity contribution in [3.05, 3.63) is 29.8 Å². The highest BCUT2D eigenvalue weighted by atomic mass is 35.5. The fourth-order valence-electron chi connectivity index (χ4n) is 3.13. The number of nitrogens with one attached hydrogen (secondary N) is 2. The van der Waals surface area contributed by atoms with E-state index in [9.17, 15) is 4.79 Å². The molecule has 0 spiro atoms. The third kappa shape index (κ3) is 4.90. The van der Waals surface area contributed by atoms with Gasteiger partial charge in [0.05, 0.1) is 5.92 Å². The lowest BCUT2D eigenvalue weighted by molar-refractivity contribution is -0.119. The van der Waals surface area contributed by atoms with Gasteiger partial charge >= 0.3 is 0 Å². The summed E-state index contributed by atoms with van der Waals surface area (Å²) in [7, 11) is 0. The Morgan fingerprint density at radius 2 is 2.09 bits per heavy atom.